The zero-order chi connectivity index (χ0) is 18.7. The van der Waals surface area contributed by atoms with Crippen LogP contribution < -0.4 is 10.6 Å². The number of aromatic nitrogens is 5. The van der Waals surface area contributed by atoms with Crippen molar-refractivity contribution in [2.24, 2.45) is 13.0 Å². The molecule has 2 amide bonds. The summed E-state index contributed by atoms with van der Waals surface area (Å²) in [7, 11) is 1.65. The fraction of sp³-hybridized carbons (Fsp3) is 0.562. The van der Waals surface area contributed by atoms with Crippen molar-refractivity contribution in [3.05, 3.63) is 23.7 Å². The van der Waals surface area contributed by atoms with Gasteiger partial charge in [0.1, 0.15) is 5.69 Å². The van der Waals surface area contributed by atoms with Gasteiger partial charge in [0.2, 0.25) is 0 Å². The van der Waals surface area contributed by atoms with E-state index in [1.807, 2.05) is 13.0 Å². The average molecular weight is 361 g/mol. The lowest BCUT2D eigenvalue weighted by Gasteiger charge is -2.16. The number of carboxylic acid groups (broad SMARTS) is 1. The molecule has 4 N–H and O–H groups in total. The number of aromatic amines is 1. The SMILES string of the molecule is CC(C[C@H]1CC[C@@H](c2cc(NC(=O)c3cnnn3C)n[nH]2)C1)NC(=O)O. The first-order chi connectivity index (χ1) is 12.4. The maximum Gasteiger partial charge on any atom is 0.404 e. The molecule has 26 heavy (non-hydrogen) atoms. The van der Waals surface area contributed by atoms with E-state index in [0.29, 0.717) is 23.3 Å². The molecular weight excluding hydrogens is 338 g/mol. The van der Waals surface area contributed by atoms with E-state index in [0.717, 1.165) is 31.4 Å². The van der Waals surface area contributed by atoms with Crippen molar-refractivity contribution >= 4 is 17.8 Å². The minimum Gasteiger partial charge on any atom is -0.465 e. The van der Waals surface area contributed by atoms with Gasteiger partial charge in [0, 0.05) is 30.8 Å². The molecule has 1 aliphatic rings. The number of amides is 2. The third-order valence-electron chi connectivity index (χ3n) is 4.82. The second-order valence-electron chi connectivity index (χ2n) is 6.87. The summed E-state index contributed by atoms with van der Waals surface area (Å²) in [5, 5.41) is 28.6. The summed E-state index contributed by atoms with van der Waals surface area (Å²) in [4.78, 5) is 22.9. The van der Waals surface area contributed by atoms with Crippen molar-refractivity contribution in [2.45, 2.75) is 44.6 Å². The molecule has 0 radical (unpaired) electrons. The predicted octanol–water partition coefficient (Wildman–Crippen LogP) is 1.72. The molecule has 0 spiro atoms. The van der Waals surface area contributed by atoms with Gasteiger partial charge in [0.15, 0.2) is 5.82 Å². The van der Waals surface area contributed by atoms with Gasteiger partial charge in [-0.2, -0.15) is 5.10 Å². The molecule has 2 aromatic heterocycles. The van der Waals surface area contributed by atoms with Gasteiger partial charge >= 0.3 is 6.09 Å². The number of carbonyl (C=O) groups excluding carboxylic acids is 1. The Kier molecular flexibility index (Phi) is 5.19. The number of carbonyl (C=O) groups is 2. The zero-order valence-electron chi connectivity index (χ0n) is 14.8. The van der Waals surface area contributed by atoms with Crippen LogP contribution in [0, 0.1) is 5.92 Å². The smallest absolute Gasteiger partial charge is 0.404 e. The summed E-state index contributed by atoms with van der Waals surface area (Å²) < 4.78 is 1.40. The number of H-pyrrole nitrogens is 1. The summed E-state index contributed by atoms with van der Waals surface area (Å²) in [5.41, 5.74) is 1.35. The number of aryl methyl sites for hydroxylation is 1. The number of nitrogens with zero attached hydrogens (tertiary/aromatic N) is 4. The summed E-state index contributed by atoms with van der Waals surface area (Å²) in [5.74, 6) is 0.973. The Bertz CT molecular complexity index is 784. The van der Waals surface area contributed by atoms with E-state index in [1.54, 1.807) is 7.05 Å². The molecule has 1 fully saturated rings. The van der Waals surface area contributed by atoms with Crippen LogP contribution in [-0.4, -0.2) is 48.3 Å². The highest BCUT2D eigenvalue weighted by Gasteiger charge is 2.28. The lowest BCUT2D eigenvalue weighted by Crippen LogP contribution is -2.32. The summed E-state index contributed by atoms with van der Waals surface area (Å²) >= 11 is 0. The lowest BCUT2D eigenvalue weighted by molar-refractivity contribution is 0.101. The molecule has 3 rings (SSSR count). The number of nitrogens with one attached hydrogen (secondary N) is 3. The van der Waals surface area contributed by atoms with Crippen molar-refractivity contribution < 1.29 is 14.7 Å². The highest BCUT2D eigenvalue weighted by Crippen LogP contribution is 2.40. The zero-order valence-corrected chi connectivity index (χ0v) is 14.8. The minimum absolute atomic E-state index is 0.0552. The van der Waals surface area contributed by atoms with Crippen LogP contribution in [-0.2, 0) is 7.05 Å². The molecule has 0 aromatic carbocycles. The second-order valence-corrected chi connectivity index (χ2v) is 6.87. The Morgan fingerprint density at radius 1 is 1.46 bits per heavy atom. The normalized spacial score (nSPS) is 20.7. The summed E-state index contributed by atoms with van der Waals surface area (Å²) in [6.07, 6.45) is 4.30. The van der Waals surface area contributed by atoms with E-state index < -0.39 is 6.09 Å². The Morgan fingerprint density at radius 2 is 2.27 bits per heavy atom. The van der Waals surface area contributed by atoms with E-state index in [-0.39, 0.29) is 11.9 Å². The molecule has 0 saturated heterocycles. The van der Waals surface area contributed by atoms with Crippen molar-refractivity contribution in [1.82, 2.24) is 30.5 Å². The quantitative estimate of drug-likeness (QED) is 0.618. The first-order valence-electron chi connectivity index (χ1n) is 8.63. The molecule has 10 nitrogen and oxygen atoms in total. The number of hydrogen-bond acceptors (Lipinski definition) is 5. The summed E-state index contributed by atoms with van der Waals surface area (Å²) in [6, 6.07) is 1.80. The van der Waals surface area contributed by atoms with E-state index in [2.05, 4.69) is 31.1 Å². The second kappa shape index (κ2) is 7.54. The van der Waals surface area contributed by atoms with Crippen LogP contribution in [0.4, 0.5) is 10.6 Å². The number of rotatable bonds is 6. The number of hydrogen-bond donors (Lipinski definition) is 4. The largest absolute Gasteiger partial charge is 0.465 e. The van der Waals surface area contributed by atoms with Gasteiger partial charge in [0.25, 0.3) is 5.91 Å². The van der Waals surface area contributed by atoms with Gasteiger partial charge in [-0.3, -0.25) is 9.89 Å². The molecule has 0 aliphatic heterocycles. The highest BCUT2D eigenvalue weighted by molar-refractivity contribution is 6.02. The third kappa shape index (κ3) is 4.19. The summed E-state index contributed by atoms with van der Waals surface area (Å²) in [6.45, 7) is 1.89. The maximum atomic E-state index is 12.2. The van der Waals surface area contributed by atoms with E-state index in [4.69, 9.17) is 5.11 Å². The Hall–Kier alpha value is -2.91. The molecule has 10 heteroatoms. The standard InChI is InChI=1S/C16H23N7O3/c1-9(18-16(25)26)5-10-3-4-11(6-10)12-7-14(21-20-12)19-15(24)13-8-17-22-23(13)2/h7-11,18H,3-6H2,1-2H3,(H,25,26)(H2,19,20,21,24)/t9?,10-,11-/m1/s1. The van der Waals surface area contributed by atoms with E-state index >= 15 is 0 Å². The Morgan fingerprint density at radius 3 is 2.96 bits per heavy atom. The fourth-order valence-corrected chi connectivity index (χ4v) is 3.63. The molecule has 2 aromatic rings. The van der Waals surface area contributed by atoms with Crippen LogP contribution in [0.1, 0.15) is 54.7 Å². The first kappa shape index (κ1) is 17.9. The van der Waals surface area contributed by atoms with Crippen LogP contribution in [0.3, 0.4) is 0 Å². The van der Waals surface area contributed by atoms with Crippen LogP contribution in [0.2, 0.25) is 0 Å². The third-order valence-corrected chi connectivity index (χ3v) is 4.82. The van der Waals surface area contributed by atoms with Gasteiger partial charge in [-0.05, 0) is 38.5 Å². The minimum atomic E-state index is -0.982. The molecular formula is C16H23N7O3. The molecule has 0 bridgehead atoms. The van der Waals surface area contributed by atoms with Crippen LogP contribution in [0.15, 0.2) is 12.3 Å². The molecule has 3 atom stereocenters. The predicted molar refractivity (Wildman–Crippen MR) is 92.9 cm³/mol. The van der Waals surface area contributed by atoms with Gasteiger partial charge in [-0.1, -0.05) is 5.21 Å². The van der Waals surface area contributed by atoms with Crippen LogP contribution >= 0.6 is 0 Å². The monoisotopic (exact) mass is 361 g/mol. The van der Waals surface area contributed by atoms with Gasteiger partial charge in [-0.25, -0.2) is 9.48 Å². The van der Waals surface area contributed by atoms with E-state index in [1.165, 1.54) is 10.9 Å². The van der Waals surface area contributed by atoms with Crippen LogP contribution in [0.5, 0.6) is 0 Å². The van der Waals surface area contributed by atoms with Gasteiger partial charge in [-0.15, -0.1) is 5.10 Å². The van der Waals surface area contributed by atoms with Crippen molar-refractivity contribution in [2.75, 3.05) is 5.32 Å². The van der Waals surface area contributed by atoms with Gasteiger partial charge < -0.3 is 15.7 Å². The average Bonchev–Trinajstić information content (AvgIpc) is 3.27. The van der Waals surface area contributed by atoms with Crippen LogP contribution in [0.25, 0.3) is 0 Å². The number of anilines is 1. The topological polar surface area (TPSA) is 138 Å². The molecule has 2 heterocycles. The Balaban J connectivity index is 1.54. The van der Waals surface area contributed by atoms with Gasteiger partial charge in [0.05, 0.1) is 6.20 Å². The van der Waals surface area contributed by atoms with Crippen molar-refractivity contribution in [3.8, 4) is 0 Å². The molecule has 1 saturated carbocycles. The van der Waals surface area contributed by atoms with Crippen molar-refractivity contribution in [3.63, 3.8) is 0 Å². The van der Waals surface area contributed by atoms with Crippen molar-refractivity contribution in [1.29, 1.82) is 0 Å². The lowest BCUT2D eigenvalue weighted by atomic mass is 9.96. The molecule has 1 aliphatic carbocycles. The fourth-order valence-electron chi connectivity index (χ4n) is 3.63. The van der Waals surface area contributed by atoms with E-state index in [9.17, 15) is 9.59 Å². The molecule has 1 unspecified atom stereocenters. The first-order valence-corrected chi connectivity index (χ1v) is 8.63. The Labute approximate surface area is 150 Å². The molecule has 140 valence electrons. The maximum absolute atomic E-state index is 12.2. The highest BCUT2D eigenvalue weighted by atomic mass is 16.4.